The van der Waals surface area contributed by atoms with Gasteiger partial charge in [-0.05, 0) is 37.5 Å². The highest BCUT2D eigenvalue weighted by atomic mass is 19.4. The summed E-state index contributed by atoms with van der Waals surface area (Å²) in [6, 6.07) is 6.34. The molecule has 0 bridgehead atoms. The Morgan fingerprint density at radius 3 is 2.57 bits per heavy atom. The second-order valence-corrected chi connectivity index (χ2v) is 6.72. The van der Waals surface area contributed by atoms with Gasteiger partial charge in [-0.15, -0.1) is 0 Å². The van der Waals surface area contributed by atoms with Crippen LogP contribution >= 0.6 is 0 Å². The van der Waals surface area contributed by atoms with Crippen molar-refractivity contribution in [1.29, 1.82) is 0 Å². The lowest BCUT2D eigenvalue weighted by Gasteiger charge is -2.28. The van der Waals surface area contributed by atoms with Crippen LogP contribution in [0.1, 0.15) is 35.4 Å². The molecule has 1 saturated heterocycles. The lowest BCUT2D eigenvalue weighted by atomic mass is 9.85. The number of ether oxygens (including phenoxy) is 1. The molecule has 0 saturated carbocycles. The number of aryl methyl sites for hydroxylation is 1. The largest absolute Gasteiger partial charge is 0.416 e. The molecule has 6 nitrogen and oxygen atoms in total. The third-order valence-electron chi connectivity index (χ3n) is 4.83. The van der Waals surface area contributed by atoms with Crippen molar-refractivity contribution in [3.8, 4) is 5.82 Å². The first kappa shape index (κ1) is 18.4. The molecule has 1 N–H and O–H groups in total. The van der Waals surface area contributed by atoms with Crippen LogP contribution in [0, 0.1) is 6.92 Å². The molecular weight excluding hydrogens is 373 g/mol. The van der Waals surface area contributed by atoms with E-state index in [1.54, 1.807) is 19.3 Å². The predicted octanol–water partition coefficient (Wildman–Crippen LogP) is 3.34. The number of aromatic amines is 1. The van der Waals surface area contributed by atoms with Crippen LogP contribution in [0.2, 0.25) is 0 Å². The van der Waals surface area contributed by atoms with Crippen LogP contribution in [0.3, 0.4) is 0 Å². The molecule has 28 heavy (non-hydrogen) atoms. The van der Waals surface area contributed by atoms with E-state index < -0.39 is 17.3 Å². The monoisotopic (exact) mass is 390 g/mol. The first-order valence-corrected chi connectivity index (χ1v) is 8.73. The molecule has 0 radical (unpaired) electrons. The van der Waals surface area contributed by atoms with Crippen molar-refractivity contribution in [3.05, 3.63) is 75.6 Å². The third kappa shape index (κ3) is 3.22. The van der Waals surface area contributed by atoms with Crippen molar-refractivity contribution >= 4 is 0 Å². The van der Waals surface area contributed by atoms with Crippen molar-refractivity contribution < 1.29 is 17.9 Å². The maximum Gasteiger partial charge on any atom is 0.416 e. The van der Waals surface area contributed by atoms with Crippen molar-refractivity contribution in [2.45, 2.75) is 31.5 Å². The van der Waals surface area contributed by atoms with Crippen molar-refractivity contribution in [2.75, 3.05) is 6.61 Å². The smallest absolute Gasteiger partial charge is 0.365 e. The van der Waals surface area contributed by atoms with Gasteiger partial charge >= 0.3 is 6.18 Å². The van der Waals surface area contributed by atoms with Crippen molar-refractivity contribution in [1.82, 2.24) is 19.7 Å². The fourth-order valence-electron chi connectivity index (χ4n) is 3.53. The van der Waals surface area contributed by atoms with Crippen molar-refractivity contribution in [3.63, 3.8) is 0 Å². The van der Waals surface area contributed by atoms with E-state index in [-0.39, 0.29) is 5.56 Å². The summed E-state index contributed by atoms with van der Waals surface area (Å²) >= 11 is 0. The van der Waals surface area contributed by atoms with E-state index in [1.165, 1.54) is 22.9 Å². The normalized spacial score (nSPS) is 19.9. The van der Waals surface area contributed by atoms with Crippen LogP contribution in [0.5, 0.6) is 0 Å². The number of hydrogen-bond donors (Lipinski definition) is 1. The average molecular weight is 390 g/mol. The molecule has 0 unspecified atom stereocenters. The van der Waals surface area contributed by atoms with Crippen LogP contribution in [-0.2, 0) is 16.5 Å². The van der Waals surface area contributed by atoms with Gasteiger partial charge in [-0.3, -0.25) is 4.79 Å². The summed E-state index contributed by atoms with van der Waals surface area (Å²) in [5.74, 6) is 0.808. The van der Waals surface area contributed by atoms with Gasteiger partial charge in [-0.25, -0.2) is 9.67 Å². The zero-order valence-electron chi connectivity index (χ0n) is 15.0. The molecule has 0 spiro atoms. The minimum Gasteiger partial charge on any atom is -0.365 e. The number of alkyl halides is 3. The summed E-state index contributed by atoms with van der Waals surface area (Å²) in [6.07, 6.45) is 0.294. The number of benzene rings is 1. The number of nitrogens with one attached hydrogen (secondary N) is 1. The fourth-order valence-corrected chi connectivity index (χ4v) is 3.53. The summed E-state index contributed by atoms with van der Waals surface area (Å²) in [5, 5.41) is 4.28. The first-order valence-electron chi connectivity index (χ1n) is 8.73. The molecule has 1 fully saturated rings. The molecule has 3 heterocycles. The van der Waals surface area contributed by atoms with Gasteiger partial charge in [0.2, 0.25) is 0 Å². The Morgan fingerprint density at radius 2 is 1.96 bits per heavy atom. The molecule has 1 aliphatic heterocycles. The maximum atomic E-state index is 12.9. The van der Waals surface area contributed by atoms with Gasteiger partial charge in [-0.1, -0.05) is 12.1 Å². The van der Waals surface area contributed by atoms with Crippen LogP contribution < -0.4 is 5.56 Å². The topological polar surface area (TPSA) is 72.8 Å². The Labute approximate surface area is 158 Å². The Morgan fingerprint density at radius 1 is 1.21 bits per heavy atom. The molecule has 3 aromatic rings. The molecule has 9 heteroatoms. The molecule has 1 aromatic carbocycles. The zero-order chi connectivity index (χ0) is 19.9. The van der Waals surface area contributed by atoms with E-state index in [4.69, 9.17) is 4.74 Å². The van der Waals surface area contributed by atoms with Gasteiger partial charge in [0.05, 0.1) is 11.8 Å². The number of hydrogen-bond acceptors (Lipinski definition) is 4. The van der Waals surface area contributed by atoms with E-state index in [1.807, 2.05) is 0 Å². The summed E-state index contributed by atoms with van der Waals surface area (Å²) in [4.78, 5) is 18.5. The molecule has 1 atom stereocenters. The van der Waals surface area contributed by atoms with Crippen molar-refractivity contribution in [2.24, 2.45) is 0 Å². The Kier molecular flexibility index (Phi) is 4.34. The number of H-pyrrole nitrogens is 1. The van der Waals surface area contributed by atoms with E-state index >= 15 is 0 Å². The van der Waals surface area contributed by atoms with E-state index in [0.717, 1.165) is 18.6 Å². The summed E-state index contributed by atoms with van der Waals surface area (Å²) in [6.45, 7) is 2.16. The van der Waals surface area contributed by atoms with Gasteiger partial charge in [0.15, 0.2) is 5.82 Å². The van der Waals surface area contributed by atoms with Gasteiger partial charge < -0.3 is 9.72 Å². The fraction of sp³-hybridized carbons (Fsp3) is 0.316. The lowest BCUT2D eigenvalue weighted by molar-refractivity contribution is -0.137. The highest BCUT2D eigenvalue weighted by molar-refractivity contribution is 5.38. The Bertz CT molecular complexity index is 1050. The van der Waals surface area contributed by atoms with Gasteiger partial charge in [-0.2, -0.15) is 18.3 Å². The van der Waals surface area contributed by atoms with E-state index in [9.17, 15) is 18.0 Å². The maximum absolute atomic E-state index is 12.9. The van der Waals surface area contributed by atoms with E-state index in [2.05, 4.69) is 15.1 Å². The molecular formula is C19H17F3N4O2. The summed E-state index contributed by atoms with van der Waals surface area (Å²) in [5.41, 5.74) is -0.548. The zero-order valence-corrected chi connectivity index (χ0v) is 15.0. The highest BCUT2D eigenvalue weighted by Crippen LogP contribution is 2.43. The minimum atomic E-state index is -4.39. The third-order valence-corrected chi connectivity index (χ3v) is 4.83. The molecule has 0 amide bonds. The van der Waals surface area contributed by atoms with Crippen LogP contribution in [-0.4, -0.2) is 26.4 Å². The second-order valence-electron chi connectivity index (χ2n) is 6.72. The first-order chi connectivity index (χ1) is 13.3. The summed E-state index contributed by atoms with van der Waals surface area (Å²) in [7, 11) is 0. The number of nitrogens with zero attached hydrogens (tertiary/aromatic N) is 3. The van der Waals surface area contributed by atoms with Gasteiger partial charge in [0.1, 0.15) is 11.4 Å². The molecule has 2 aromatic heterocycles. The number of rotatable bonds is 3. The Balaban J connectivity index is 1.75. The van der Waals surface area contributed by atoms with E-state index in [0.29, 0.717) is 35.8 Å². The molecule has 4 rings (SSSR count). The van der Waals surface area contributed by atoms with Crippen LogP contribution in [0.15, 0.2) is 47.5 Å². The van der Waals surface area contributed by atoms with Crippen LogP contribution in [0.25, 0.3) is 5.82 Å². The standard InChI is InChI=1S/C19H17F3N4O2/c1-12-24-16(9-17(27)25-12)26-11-15(10-23-26)18(7-2-8-28-18)13-3-5-14(6-4-13)19(20,21)22/h3-6,9-11H,2,7-8H2,1H3,(H,24,25,27)/t18-/m0/s1. The predicted molar refractivity (Wildman–Crippen MR) is 94.1 cm³/mol. The Hall–Kier alpha value is -2.94. The second kappa shape index (κ2) is 6.59. The lowest BCUT2D eigenvalue weighted by Crippen LogP contribution is -2.26. The number of aromatic nitrogens is 4. The minimum absolute atomic E-state index is 0.297. The quantitative estimate of drug-likeness (QED) is 0.745. The molecule has 146 valence electrons. The number of halogens is 3. The average Bonchev–Trinajstić information content (AvgIpc) is 3.31. The van der Waals surface area contributed by atoms with Gasteiger partial charge in [0, 0.05) is 24.4 Å². The molecule has 1 aliphatic rings. The van der Waals surface area contributed by atoms with Gasteiger partial charge in [0.25, 0.3) is 5.56 Å². The highest BCUT2D eigenvalue weighted by Gasteiger charge is 2.41. The van der Waals surface area contributed by atoms with Crippen LogP contribution in [0.4, 0.5) is 13.2 Å². The SMILES string of the molecule is Cc1nc(-n2cc([C@@]3(c4ccc(C(F)(F)F)cc4)CCCO3)cn2)cc(=O)[nH]1. The molecule has 0 aliphatic carbocycles. The summed E-state index contributed by atoms with van der Waals surface area (Å²) < 4.78 is 46.2.